The smallest absolute Gasteiger partial charge is 0.307 e. The molecule has 6 unspecified atom stereocenters. The highest BCUT2D eigenvalue weighted by atomic mass is 16.5. The topological polar surface area (TPSA) is 46.6 Å². The molecule has 0 amide bonds. The maximum absolute atomic E-state index is 12.6. The van der Waals surface area contributed by atoms with E-state index >= 15 is 0 Å². The maximum atomic E-state index is 12.6. The lowest BCUT2D eigenvalue weighted by atomic mass is 9.48. The van der Waals surface area contributed by atoms with E-state index in [1.807, 2.05) is 0 Å². The van der Waals surface area contributed by atoms with E-state index in [4.69, 9.17) is 4.74 Å². The molecule has 0 spiro atoms. The number of fused-ring (bicyclic) bond motifs is 5. The Morgan fingerprint density at radius 2 is 1.83 bits per heavy atom. The first-order valence-corrected chi connectivity index (χ1v) is 12.5. The van der Waals surface area contributed by atoms with Gasteiger partial charge in [0.05, 0.1) is 6.42 Å². The summed E-state index contributed by atoms with van der Waals surface area (Å²) < 4.78 is 5.93. The molecule has 4 fully saturated rings. The molecule has 3 saturated carbocycles. The van der Waals surface area contributed by atoms with Crippen molar-refractivity contribution in [3.05, 3.63) is 11.6 Å². The van der Waals surface area contributed by atoms with Gasteiger partial charge >= 0.3 is 5.97 Å². The van der Waals surface area contributed by atoms with Gasteiger partial charge in [-0.25, -0.2) is 0 Å². The van der Waals surface area contributed by atoms with Gasteiger partial charge in [-0.15, -0.1) is 0 Å². The van der Waals surface area contributed by atoms with Crippen molar-refractivity contribution in [1.29, 1.82) is 0 Å². The van der Waals surface area contributed by atoms with Crippen LogP contribution in [0.15, 0.2) is 11.6 Å². The first-order chi connectivity index (χ1) is 14.4. The molecule has 1 heterocycles. The number of likely N-dealkylation sites (tertiary alicyclic amines) is 1. The molecule has 4 heteroatoms. The van der Waals surface area contributed by atoms with Crippen LogP contribution in [0.5, 0.6) is 0 Å². The van der Waals surface area contributed by atoms with Crippen molar-refractivity contribution in [2.45, 2.75) is 90.6 Å². The Balaban J connectivity index is 1.22. The van der Waals surface area contributed by atoms with Gasteiger partial charge in [0.15, 0.2) is 0 Å². The van der Waals surface area contributed by atoms with Crippen LogP contribution in [0.2, 0.25) is 0 Å². The fourth-order valence-electron chi connectivity index (χ4n) is 8.00. The van der Waals surface area contributed by atoms with E-state index < -0.39 is 0 Å². The van der Waals surface area contributed by atoms with E-state index in [0.29, 0.717) is 30.0 Å². The van der Waals surface area contributed by atoms with Gasteiger partial charge in [0.1, 0.15) is 11.9 Å². The van der Waals surface area contributed by atoms with Gasteiger partial charge in [-0.05, 0) is 87.6 Å². The third-order valence-electron chi connectivity index (χ3n) is 9.90. The summed E-state index contributed by atoms with van der Waals surface area (Å²) >= 11 is 0. The molecule has 5 aliphatic rings. The van der Waals surface area contributed by atoms with E-state index in [1.54, 1.807) is 5.57 Å². The number of hydrogen-bond acceptors (Lipinski definition) is 4. The van der Waals surface area contributed by atoms with Crippen LogP contribution in [-0.4, -0.2) is 42.4 Å². The molecule has 1 aliphatic heterocycles. The molecule has 30 heavy (non-hydrogen) atoms. The fraction of sp³-hybridized carbons (Fsp3) is 0.846. The second-order valence-corrected chi connectivity index (χ2v) is 11.3. The molecule has 0 aromatic rings. The first kappa shape index (κ1) is 20.7. The van der Waals surface area contributed by atoms with E-state index in [0.717, 1.165) is 64.6 Å². The monoisotopic (exact) mass is 413 g/mol. The lowest BCUT2D eigenvalue weighted by Gasteiger charge is -2.56. The number of ether oxygens (including phenoxy) is 1. The zero-order valence-corrected chi connectivity index (χ0v) is 19.0. The van der Waals surface area contributed by atoms with Crippen molar-refractivity contribution in [3.8, 4) is 0 Å². The van der Waals surface area contributed by atoms with Crippen molar-refractivity contribution in [2.75, 3.05) is 19.6 Å². The van der Waals surface area contributed by atoms with Gasteiger partial charge in [-0.1, -0.05) is 25.5 Å². The summed E-state index contributed by atoms with van der Waals surface area (Å²) in [5.41, 5.74) is 1.74. The summed E-state index contributed by atoms with van der Waals surface area (Å²) in [5.74, 6) is 2.47. The van der Waals surface area contributed by atoms with Crippen LogP contribution >= 0.6 is 0 Å². The van der Waals surface area contributed by atoms with E-state index in [-0.39, 0.29) is 22.9 Å². The summed E-state index contributed by atoms with van der Waals surface area (Å²) in [6, 6.07) is 0. The Bertz CT molecular complexity index is 739. The SMILES string of the molecule is CC12CCC3C(CC=C4CC(OC(=O)CCN5CCCC5)CCC43C)C1CCC2=O. The lowest BCUT2D eigenvalue weighted by Crippen LogP contribution is -2.50. The fourth-order valence-corrected chi connectivity index (χ4v) is 8.00. The summed E-state index contributed by atoms with van der Waals surface area (Å²) in [6.45, 7) is 7.85. The zero-order chi connectivity index (χ0) is 20.9. The number of ketones is 1. The van der Waals surface area contributed by atoms with Crippen LogP contribution in [0.4, 0.5) is 0 Å². The van der Waals surface area contributed by atoms with Crippen molar-refractivity contribution >= 4 is 11.8 Å². The average Bonchev–Trinajstić information content (AvgIpc) is 3.35. The molecule has 0 bridgehead atoms. The Morgan fingerprint density at radius 1 is 1.10 bits per heavy atom. The molecule has 4 nitrogen and oxygen atoms in total. The molecule has 0 radical (unpaired) electrons. The van der Waals surface area contributed by atoms with E-state index in [9.17, 15) is 9.59 Å². The predicted octanol–water partition coefficient (Wildman–Crippen LogP) is 4.92. The molecule has 0 aromatic carbocycles. The number of rotatable bonds is 4. The van der Waals surface area contributed by atoms with Crippen LogP contribution in [0.1, 0.15) is 84.5 Å². The van der Waals surface area contributed by atoms with Crippen molar-refractivity contribution in [1.82, 2.24) is 4.90 Å². The molecular weight excluding hydrogens is 374 g/mol. The molecular formula is C26H39NO3. The molecule has 6 atom stereocenters. The van der Waals surface area contributed by atoms with Crippen LogP contribution in [0.3, 0.4) is 0 Å². The Kier molecular flexibility index (Phi) is 5.36. The highest BCUT2D eigenvalue weighted by Crippen LogP contribution is 2.64. The quantitative estimate of drug-likeness (QED) is 0.485. The summed E-state index contributed by atoms with van der Waals surface area (Å²) in [7, 11) is 0. The minimum Gasteiger partial charge on any atom is -0.462 e. The summed E-state index contributed by atoms with van der Waals surface area (Å²) in [5, 5.41) is 0. The van der Waals surface area contributed by atoms with E-state index in [1.165, 1.54) is 19.3 Å². The average molecular weight is 414 g/mol. The van der Waals surface area contributed by atoms with Gasteiger partial charge in [0.25, 0.3) is 0 Å². The number of Topliss-reactive ketones (excluding diaryl/α,β-unsaturated/α-hetero) is 1. The summed E-state index contributed by atoms with van der Waals surface area (Å²) in [6.07, 6.45) is 14.0. The van der Waals surface area contributed by atoms with Crippen molar-refractivity contribution in [3.63, 3.8) is 0 Å². The van der Waals surface area contributed by atoms with Crippen molar-refractivity contribution in [2.24, 2.45) is 28.6 Å². The Hall–Kier alpha value is -1.16. The van der Waals surface area contributed by atoms with Crippen LogP contribution in [0.25, 0.3) is 0 Å². The molecule has 1 saturated heterocycles. The minimum atomic E-state index is -0.0507. The second-order valence-electron chi connectivity index (χ2n) is 11.3. The molecule has 0 N–H and O–H groups in total. The Morgan fingerprint density at radius 3 is 2.63 bits per heavy atom. The minimum absolute atomic E-state index is 0.0114. The number of allylic oxidation sites excluding steroid dienone is 1. The highest BCUT2D eigenvalue weighted by molar-refractivity contribution is 5.87. The van der Waals surface area contributed by atoms with Crippen LogP contribution < -0.4 is 0 Å². The third kappa shape index (κ3) is 3.38. The second kappa shape index (κ2) is 7.76. The predicted molar refractivity (Wildman–Crippen MR) is 117 cm³/mol. The number of carbonyl (C=O) groups excluding carboxylic acids is 2. The van der Waals surface area contributed by atoms with Gasteiger partial charge in [-0.2, -0.15) is 0 Å². The van der Waals surface area contributed by atoms with Gasteiger partial charge in [0.2, 0.25) is 0 Å². The normalized spacial score (nSPS) is 43.5. The standard InChI is InChI=1S/C26H39NO3/c1-25-12-9-19(30-24(29)11-16-27-14-3-4-15-27)17-18(25)5-6-20-21-7-8-23(28)26(21,2)13-10-22(20)25/h5,19-22H,3-4,6-17H2,1-2H3. The molecule has 4 aliphatic carbocycles. The largest absolute Gasteiger partial charge is 0.462 e. The van der Waals surface area contributed by atoms with Gasteiger partial charge in [0, 0.05) is 24.8 Å². The zero-order valence-electron chi connectivity index (χ0n) is 19.0. The van der Waals surface area contributed by atoms with E-state index in [2.05, 4.69) is 24.8 Å². The first-order valence-electron chi connectivity index (χ1n) is 12.5. The lowest BCUT2D eigenvalue weighted by molar-refractivity contribution is -0.151. The number of carbonyl (C=O) groups is 2. The van der Waals surface area contributed by atoms with Gasteiger partial charge in [-0.3, -0.25) is 9.59 Å². The highest BCUT2D eigenvalue weighted by Gasteiger charge is 2.58. The Labute approximate surface area is 181 Å². The van der Waals surface area contributed by atoms with Crippen LogP contribution in [-0.2, 0) is 14.3 Å². The maximum Gasteiger partial charge on any atom is 0.307 e. The number of nitrogens with zero attached hydrogens (tertiary/aromatic N) is 1. The van der Waals surface area contributed by atoms with Gasteiger partial charge < -0.3 is 9.64 Å². The van der Waals surface area contributed by atoms with Crippen LogP contribution in [0, 0.1) is 28.6 Å². The third-order valence-corrected chi connectivity index (χ3v) is 9.90. The number of esters is 1. The number of hydrogen-bond donors (Lipinski definition) is 0. The molecule has 5 rings (SSSR count). The van der Waals surface area contributed by atoms with Crippen molar-refractivity contribution < 1.29 is 14.3 Å². The summed E-state index contributed by atoms with van der Waals surface area (Å²) in [4.78, 5) is 27.4. The molecule has 166 valence electrons. The molecule has 0 aromatic heterocycles.